The lowest BCUT2D eigenvalue weighted by molar-refractivity contribution is 0.218. The van der Waals surface area contributed by atoms with E-state index in [1.165, 1.54) is 17.4 Å². The summed E-state index contributed by atoms with van der Waals surface area (Å²) in [5.41, 5.74) is 2.32. The van der Waals surface area contributed by atoms with Gasteiger partial charge in [-0.15, -0.1) is 11.3 Å². The maximum atomic E-state index is 13.7. The number of aryl methyl sites for hydroxylation is 3. The summed E-state index contributed by atoms with van der Waals surface area (Å²) in [6, 6.07) is 6.83. The highest BCUT2D eigenvalue weighted by Crippen LogP contribution is 2.33. The van der Waals surface area contributed by atoms with E-state index in [0.29, 0.717) is 5.56 Å². The predicted octanol–water partition coefficient (Wildman–Crippen LogP) is 3.89. The maximum absolute atomic E-state index is 13.7. The van der Waals surface area contributed by atoms with Crippen LogP contribution >= 0.6 is 11.3 Å². The van der Waals surface area contributed by atoms with Gasteiger partial charge in [0.05, 0.1) is 0 Å². The fraction of sp³-hybridized carbons (Fsp3) is 0.286. The second kappa shape index (κ2) is 4.59. The van der Waals surface area contributed by atoms with Crippen molar-refractivity contribution in [3.05, 3.63) is 56.5 Å². The molecular formula is C14H15FOS. The summed E-state index contributed by atoms with van der Waals surface area (Å²) in [6.45, 7) is 5.82. The summed E-state index contributed by atoms with van der Waals surface area (Å²) in [4.78, 5) is 1.96. The Kier molecular flexibility index (Phi) is 3.31. The standard InChI is InChI=1S/C14H15FOS/c1-8-4-5-12(15)11(6-8)13(16)14-9(2)7-10(3)17-14/h4-7,13,16H,1-3H3. The molecule has 90 valence electrons. The van der Waals surface area contributed by atoms with Crippen LogP contribution in [0.5, 0.6) is 0 Å². The molecule has 3 heteroatoms. The second-order valence-electron chi connectivity index (χ2n) is 4.33. The van der Waals surface area contributed by atoms with Crippen LogP contribution < -0.4 is 0 Å². The third-order valence-corrected chi connectivity index (χ3v) is 3.98. The van der Waals surface area contributed by atoms with E-state index in [1.807, 2.05) is 26.8 Å². The molecule has 1 N–H and O–H groups in total. The Morgan fingerprint density at radius 1 is 1.18 bits per heavy atom. The third-order valence-electron chi connectivity index (χ3n) is 2.77. The van der Waals surface area contributed by atoms with Gasteiger partial charge in [0.15, 0.2) is 0 Å². The van der Waals surface area contributed by atoms with Gasteiger partial charge < -0.3 is 5.11 Å². The number of hydrogen-bond acceptors (Lipinski definition) is 2. The summed E-state index contributed by atoms with van der Waals surface area (Å²) in [6.07, 6.45) is -0.867. The van der Waals surface area contributed by atoms with Crippen molar-refractivity contribution in [1.29, 1.82) is 0 Å². The van der Waals surface area contributed by atoms with Crippen LogP contribution in [0.25, 0.3) is 0 Å². The van der Waals surface area contributed by atoms with Gasteiger partial charge in [0.2, 0.25) is 0 Å². The molecule has 0 saturated heterocycles. The van der Waals surface area contributed by atoms with Crippen molar-refractivity contribution in [3.63, 3.8) is 0 Å². The van der Waals surface area contributed by atoms with Gasteiger partial charge in [0.25, 0.3) is 0 Å². The van der Waals surface area contributed by atoms with Crippen LogP contribution in [-0.4, -0.2) is 5.11 Å². The fourth-order valence-corrected chi connectivity index (χ4v) is 2.99. The van der Waals surface area contributed by atoms with Crippen LogP contribution in [-0.2, 0) is 0 Å². The Morgan fingerprint density at radius 3 is 2.47 bits per heavy atom. The van der Waals surface area contributed by atoms with Crippen LogP contribution in [0, 0.1) is 26.6 Å². The van der Waals surface area contributed by atoms with Crippen molar-refractivity contribution in [2.75, 3.05) is 0 Å². The SMILES string of the molecule is Cc1ccc(F)c(C(O)c2sc(C)cc2C)c1. The highest BCUT2D eigenvalue weighted by molar-refractivity contribution is 7.12. The summed E-state index contributed by atoms with van der Waals surface area (Å²) >= 11 is 1.52. The molecule has 1 atom stereocenters. The summed E-state index contributed by atoms with van der Waals surface area (Å²) in [5.74, 6) is -0.353. The molecule has 0 aliphatic carbocycles. The highest BCUT2D eigenvalue weighted by Gasteiger charge is 2.19. The smallest absolute Gasteiger partial charge is 0.129 e. The molecule has 0 aliphatic heterocycles. The molecule has 0 aliphatic rings. The van der Waals surface area contributed by atoms with Gasteiger partial charge >= 0.3 is 0 Å². The monoisotopic (exact) mass is 250 g/mol. The van der Waals surface area contributed by atoms with Crippen LogP contribution in [0.4, 0.5) is 4.39 Å². The average Bonchev–Trinajstić information content (AvgIpc) is 2.60. The Bertz CT molecular complexity index is 545. The molecular weight excluding hydrogens is 235 g/mol. The van der Waals surface area contributed by atoms with Gasteiger partial charge in [-0.3, -0.25) is 0 Å². The minimum Gasteiger partial charge on any atom is -0.383 e. The molecule has 2 aromatic rings. The Labute approximate surface area is 105 Å². The maximum Gasteiger partial charge on any atom is 0.129 e. The van der Waals surface area contributed by atoms with Gasteiger partial charge in [-0.2, -0.15) is 0 Å². The largest absolute Gasteiger partial charge is 0.383 e. The quantitative estimate of drug-likeness (QED) is 0.857. The molecule has 0 fully saturated rings. The van der Waals surface area contributed by atoms with Crippen molar-refractivity contribution >= 4 is 11.3 Å². The van der Waals surface area contributed by atoms with Gasteiger partial charge in [-0.25, -0.2) is 4.39 Å². The number of thiophene rings is 1. The minimum atomic E-state index is -0.867. The average molecular weight is 250 g/mol. The van der Waals surface area contributed by atoms with Crippen molar-refractivity contribution < 1.29 is 9.50 Å². The van der Waals surface area contributed by atoms with E-state index in [4.69, 9.17) is 0 Å². The zero-order chi connectivity index (χ0) is 12.6. The predicted molar refractivity (Wildman–Crippen MR) is 69.0 cm³/mol. The van der Waals surface area contributed by atoms with Crippen molar-refractivity contribution in [2.24, 2.45) is 0 Å². The topological polar surface area (TPSA) is 20.2 Å². The molecule has 2 rings (SSSR count). The molecule has 0 amide bonds. The summed E-state index contributed by atoms with van der Waals surface area (Å²) < 4.78 is 13.7. The lowest BCUT2D eigenvalue weighted by Crippen LogP contribution is -2.02. The lowest BCUT2D eigenvalue weighted by Gasteiger charge is -2.12. The minimum absolute atomic E-state index is 0.353. The number of rotatable bonds is 2. The van der Waals surface area contributed by atoms with Gasteiger partial charge in [0, 0.05) is 15.3 Å². The van der Waals surface area contributed by atoms with E-state index in [1.54, 1.807) is 12.1 Å². The first kappa shape index (κ1) is 12.3. The molecule has 1 aromatic heterocycles. The van der Waals surface area contributed by atoms with E-state index in [9.17, 15) is 9.50 Å². The first-order valence-corrected chi connectivity index (χ1v) is 6.31. The normalized spacial score (nSPS) is 12.8. The van der Waals surface area contributed by atoms with Crippen LogP contribution in [0.15, 0.2) is 24.3 Å². The number of halogens is 1. The molecule has 17 heavy (non-hydrogen) atoms. The van der Waals surface area contributed by atoms with Crippen LogP contribution in [0.1, 0.15) is 32.5 Å². The summed E-state index contributed by atoms with van der Waals surface area (Å²) in [7, 11) is 0. The zero-order valence-corrected chi connectivity index (χ0v) is 10.9. The molecule has 1 nitrogen and oxygen atoms in total. The van der Waals surface area contributed by atoms with Crippen molar-refractivity contribution in [3.8, 4) is 0 Å². The molecule has 1 heterocycles. The number of hydrogen-bond donors (Lipinski definition) is 1. The summed E-state index contributed by atoms with van der Waals surface area (Å²) in [5, 5.41) is 10.3. The Morgan fingerprint density at radius 2 is 1.88 bits per heavy atom. The Hall–Kier alpha value is -1.19. The molecule has 0 saturated carbocycles. The van der Waals surface area contributed by atoms with Crippen molar-refractivity contribution in [1.82, 2.24) is 0 Å². The Balaban J connectivity index is 2.46. The first-order valence-electron chi connectivity index (χ1n) is 5.50. The molecule has 0 radical (unpaired) electrons. The van der Waals surface area contributed by atoms with Crippen LogP contribution in [0.2, 0.25) is 0 Å². The zero-order valence-electron chi connectivity index (χ0n) is 10.1. The fourth-order valence-electron chi connectivity index (χ4n) is 1.94. The number of aliphatic hydroxyl groups excluding tert-OH is 1. The van der Waals surface area contributed by atoms with Crippen LogP contribution in [0.3, 0.4) is 0 Å². The molecule has 1 aromatic carbocycles. The highest BCUT2D eigenvalue weighted by atomic mass is 32.1. The van der Waals surface area contributed by atoms with E-state index in [0.717, 1.165) is 20.9 Å². The van der Waals surface area contributed by atoms with E-state index in [2.05, 4.69) is 0 Å². The lowest BCUT2D eigenvalue weighted by atomic mass is 10.0. The number of benzene rings is 1. The second-order valence-corrected chi connectivity index (χ2v) is 5.62. The van der Waals surface area contributed by atoms with E-state index in [-0.39, 0.29) is 5.82 Å². The molecule has 0 bridgehead atoms. The third kappa shape index (κ3) is 2.40. The molecule has 1 unspecified atom stereocenters. The van der Waals surface area contributed by atoms with Gasteiger partial charge in [0.1, 0.15) is 11.9 Å². The van der Waals surface area contributed by atoms with E-state index < -0.39 is 6.10 Å². The van der Waals surface area contributed by atoms with E-state index >= 15 is 0 Å². The van der Waals surface area contributed by atoms with Gasteiger partial charge in [-0.05, 0) is 38.5 Å². The van der Waals surface area contributed by atoms with Gasteiger partial charge in [-0.1, -0.05) is 17.7 Å². The number of aliphatic hydroxyl groups is 1. The molecule has 0 spiro atoms. The first-order chi connectivity index (χ1) is 7.99. The van der Waals surface area contributed by atoms with Crippen molar-refractivity contribution in [2.45, 2.75) is 26.9 Å².